The lowest BCUT2D eigenvalue weighted by Crippen LogP contribution is -2.39. The summed E-state index contributed by atoms with van der Waals surface area (Å²) in [5.41, 5.74) is 4.94. The quantitative estimate of drug-likeness (QED) is 0.716. The second-order valence-corrected chi connectivity index (χ2v) is 7.07. The third-order valence-corrected chi connectivity index (χ3v) is 5.38. The first-order valence-electron chi connectivity index (χ1n) is 9.50. The normalized spacial score (nSPS) is 16.5. The summed E-state index contributed by atoms with van der Waals surface area (Å²) in [6, 6.07) is 13.0. The molecule has 136 valence electrons. The van der Waals surface area contributed by atoms with Crippen molar-refractivity contribution in [2.75, 3.05) is 18.0 Å². The van der Waals surface area contributed by atoms with Crippen LogP contribution >= 0.6 is 0 Å². The molecule has 1 fully saturated rings. The van der Waals surface area contributed by atoms with Gasteiger partial charge in [0, 0.05) is 43.9 Å². The van der Waals surface area contributed by atoms with Gasteiger partial charge in [0.15, 0.2) is 5.82 Å². The van der Waals surface area contributed by atoms with Crippen LogP contribution in [-0.2, 0) is 12.8 Å². The van der Waals surface area contributed by atoms with Crippen LogP contribution in [0.2, 0.25) is 0 Å². The second-order valence-electron chi connectivity index (χ2n) is 7.07. The molecule has 0 amide bonds. The summed E-state index contributed by atoms with van der Waals surface area (Å²) in [6.07, 6.45) is 7.53. The van der Waals surface area contributed by atoms with E-state index in [1.807, 2.05) is 0 Å². The zero-order chi connectivity index (χ0) is 18.1. The number of benzene rings is 1. The lowest BCUT2D eigenvalue weighted by atomic mass is 9.89. The van der Waals surface area contributed by atoms with E-state index in [2.05, 4.69) is 55.4 Å². The van der Waals surface area contributed by atoms with Gasteiger partial charge in [0.25, 0.3) is 0 Å². The van der Waals surface area contributed by atoms with Crippen molar-refractivity contribution in [2.45, 2.75) is 31.8 Å². The maximum atomic E-state index is 5.88. The molecule has 3 aromatic rings. The van der Waals surface area contributed by atoms with Gasteiger partial charge in [-0.3, -0.25) is 0 Å². The minimum atomic E-state index is 0.154. The summed E-state index contributed by atoms with van der Waals surface area (Å²) in [6.45, 7) is 1.81. The first-order chi connectivity index (χ1) is 13.4. The van der Waals surface area contributed by atoms with Crippen molar-refractivity contribution in [3.63, 3.8) is 0 Å². The molecule has 3 heterocycles. The fourth-order valence-corrected chi connectivity index (χ4v) is 3.93. The SMILES string of the molecule is c1cnc(OC2CCN(c3cc4c(nn3)-c3ccccc3CC4)CC2)nc1. The van der Waals surface area contributed by atoms with Crippen molar-refractivity contribution in [1.82, 2.24) is 20.2 Å². The minimum Gasteiger partial charge on any atom is -0.460 e. The van der Waals surface area contributed by atoms with E-state index >= 15 is 0 Å². The zero-order valence-electron chi connectivity index (χ0n) is 15.1. The largest absolute Gasteiger partial charge is 0.460 e. The highest BCUT2D eigenvalue weighted by atomic mass is 16.5. The molecule has 1 aromatic carbocycles. The third-order valence-electron chi connectivity index (χ3n) is 5.38. The Hall–Kier alpha value is -3.02. The maximum Gasteiger partial charge on any atom is 0.316 e. The van der Waals surface area contributed by atoms with Gasteiger partial charge in [-0.25, -0.2) is 9.97 Å². The van der Waals surface area contributed by atoms with Gasteiger partial charge in [0.2, 0.25) is 0 Å². The van der Waals surface area contributed by atoms with Crippen LogP contribution in [0.5, 0.6) is 6.01 Å². The van der Waals surface area contributed by atoms with E-state index in [4.69, 9.17) is 4.74 Å². The highest BCUT2D eigenvalue weighted by molar-refractivity contribution is 5.70. The van der Waals surface area contributed by atoms with Gasteiger partial charge < -0.3 is 9.64 Å². The molecule has 0 atom stereocenters. The fraction of sp³-hybridized carbons (Fsp3) is 0.333. The first-order valence-corrected chi connectivity index (χ1v) is 9.50. The molecule has 0 bridgehead atoms. The molecule has 5 rings (SSSR count). The molecule has 0 saturated carbocycles. The summed E-state index contributed by atoms with van der Waals surface area (Å²) < 4.78 is 5.88. The molecule has 1 aliphatic heterocycles. The van der Waals surface area contributed by atoms with Crippen molar-refractivity contribution < 1.29 is 4.74 Å². The number of rotatable bonds is 3. The van der Waals surface area contributed by atoms with Crippen LogP contribution in [0.15, 0.2) is 48.8 Å². The van der Waals surface area contributed by atoms with Crippen LogP contribution in [0.3, 0.4) is 0 Å². The number of fused-ring (bicyclic) bond motifs is 3. The molecule has 0 spiro atoms. The maximum absolute atomic E-state index is 5.88. The average molecular weight is 359 g/mol. The Balaban J connectivity index is 1.28. The standard InChI is InChI=1S/C21H21N5O/c1-2-5-18-15(4-1)6-7-16-14-19(24-25-20(16)18)26-12-8-17(9-13-26)27-21-22-10-3-11-23-21/h1-5,10-11,14,17H,6-9,12-13H2. The summed E-state index contributed by atoms with van der Waals surface area (Å²) in [4.78, 5) is 10.6. The first kappa shape index (κ1) is 16.2. The van der Waals surface area contributed by atoms with E-state index in [0.29, 0.717) is 6.01 Å². The highest BCUT2D eigenvalue weighted by Crippen LogP contribution is 2.33. The number of aryl methyl sites for hydroxylation is 2. The molecule has 27 heavy (non-hydrogen) atoms. The van der Waals surface area contributed by atoms with E-state index in [0.717, 1.165) is 50.3 Å². The molecular weight excluding hydrogens is 338 g/mol. The molecule has 0 unspecified atom stereocenters. The van der Waals surface area contributed by atoms with Gasteiger partial charge in [-0.2, -0.15) is 0 Å². The van der Waals surface area contributed by atoms with Gasteiger partial charge in [0.1, 0.15) is 6.10 Å². The summed E-state index contributed by atoms with van der Waals surface area (Å²) in [7, 11) is 0. The molecular formula is C21H21N5O. The van der Waals surface area contributed by atoms with E-state index in [1.54, 1.807) is 18.5 Å². The minimum absolute atomic E-state index is 0.154. The number of nitrogens with zero attached hydrogens (tertiary/aromatic N) is 5. The Labute approximate surface area is 158 Å². The number of hydrogen-bond acceptors (Lipinski definition) is 6. The van der Waals surface area contributed by atoms with Crippen molar-refractivity contribution in [3.05, 3.63) is 59.9 Å². The van der Waals surface area contributed by atoms with Gasteiger partial charge >= 0.3 is 6.01 Å². The molecule has 0 radical (unpaired) electrons. The Kier molecular flexibility index (Phi) is 4.16. The molecule has 1 aliphatic carbocycles. The number of anilines is 1. The van der Waals surface area contributed by atoms with Crippen molar-refractivity contribution in [1.29, 1.82) is 0 Å². The van der Waals surface area contributed by atoms with E-state index in [-0.39, 0.29) is 6.10 Å². The summed E-state index contributed by atoms with van der Waals surface area (Å²) in [5.74, 6) is 0.975. The molecule has 2 aliphatic rings. The third kappa shape index (κ3) is 3.23. The van der Waals surface area contributed by atoms with Gasteiger partial charge in [-0.1, -0.05) is 24.3 Å². The summed E-state index contributed by atoms with van der Waals surface area (Å²) >= 11 is 0. The highest BCUT2D eigenvalue weighted by Gasteiger charge is 2.24. The van der Waals surface area contributed by atoms with Crippen LogP contribution in [0.1, 0.15) is 24.0 Å². The Morgan fingerprint density at radius 2 is 1.67 bits per heavy atom. The fourth-order valence-electron chi connectivity index (χ4n) is 3.93. The monoisotopic (exact) mass is 359 g/mol. The smallest absolute Gasteiger partial charge is 0.316 e. The van der Waals surface area contributed by atoms with Crippen molar-refractivity contribution in [3.8, 4) is 17.3 Å². The molecule has 0 N–H and O–H groups in total. The predicted molar refractivity (Wildman–Crippen MR) is 103 cm³/mol. The van der Waals surface area contributed by atoms with Gasteiger partial charge in [-0.15, -0.1) is 10.2 Å². The number of aromatic nitrogens is 4. The Morgan fingerprint density at radius 1 is 0.889 bits per heavy atom. The second kappa shape index (κ2) is 6.95. The van der Waals surface area contributed by atoms with Crippen molar-refractivity contribution in [2.24, 2.45) is 0 Å². The van der Waals surface area contributed by atoms with Gasteiger partial charge in [0.05, 0.1) is 5.69 Å². The van der Waals surface area contributed by atoms with E-state index in [9.17, 15) is 0 Å². The molecule has 2 aromatic heterocycles. The van der Waals surface area contributed by atoms with Crippen LogP contribution in [-0.4, -0.2) is 39.4 Å². The topological polar surface area (TPSA) is 64.0 Å². The van der Waals surface area contributed by atoms with Crippen LogP contribution in [0.25, 0.3) is 11.3 Å². The predicted octanol–water partition coefficient (Wildman–Crippen LogP) is 3.08. The van der Waals surface area contributed by atoms with Crippen LogP contribution in [0, 0.1) is 0 Å². The lowest BCUT2D eigenvalue weighted by Gasteiger charge is -2.32. The molecule has 1 saturated heterocycles. The number of ether oxygens (including phenoxy) is 1. The average Bonchev–Trinajstić information content (AvgIpc) is 2.74. The lowest BCUT2D eigenvalue weighted by molar-refractivity contribution is 0.156. The zero-order valence-corrected chi connectivity index (χ0v) is 15.1. The summed E-state index contributed by atoms with van der Waals surface area (Å²) in [5, 5.41) is 9.11. The van der Waals surface area contributed by atoms with Crippen LogP contribution in [0.4, 0.5) is 5.82 Å². The number of piperidine rings is 1. The van der Waals surface area contributed by atoms with E-state index < -0.39 is 0 Å². The van der Waals surface area contributed by atoms with Gasteiger partial charge in [-0.05, 0) is 36.1 Å². The van der Waals surface area contributed by atoms with E-state index in [1.165, 1.54) is 16.7 Å². The Morgan fingerprint density at radius 3 is 2.52 bits per heavy atom. The Bertz CT molecular complexity index is 938. The number of hydrogen-bond donors (Lipinski definition) is 0. The molecule has 6 nitrogen and oxygen atoms in total. The van der Waals surface area contributed by atoms with Crippen molar-refractivity contribution >= 4 is 5.82 Å². The molecule has 6 heteroatoms. The van der Waals surface area contributed by atoms with Crippen LogP contribution < -0.4 is 9.64 Å².